The largest absolute Gasteiger partial charge is 0.438 e. The zero-order valence-corrected chi connectivity index (χ0v) is 12.3. The number of nitrogens with zero attached hydrogens (tertiary/aromatic N) is 1. The average molecular weight is 276 g/mol. The maximum atomic E-state index is 6.01. The Morgan fingerprint density at radius 1 is 1.21 bits per heavy atom. The number of aromatic nitrogens is 1. The first kappa shape index (κ1) is 13.9. The number of ether oxygens (including phenoxy) is 1. The number of hydrogen-bond donors (Lipinski definition) is 0. The predicted octanol–water partition coefficient (Wildman–Crippen LogP) is 4.79. The maximum Gasteiger partial charge on any atom is 0.224 e. The molecule has 0 radical (unpaired) electrons. The van der Waals surface area contributed by atoms with Gasteiger partial charge in [-0.15, -0.1) is 11.6 Å². The molecule has 3 heteroatoms. The van der Waals surface area contributed by atoms with Crippen LogP contribution < -0.4 is 4.74 Å². The summed E-state index contributed by atoms with van der Waals surface area (Å²) in [5.41, 5.74) is 4.18. The summed E-state index contributed by atoms with van der Waals surface area (Å²) in [7, 11) is 0. The number of benzene rings is 1. The van der Waals surface area contributed by atoms with Gasteiger partial charge in [0.2, 0.25) is 5.88 Å². The number of rotatable bonds is 4. The first-order valence-corrected chi connectivity index (χ1v) is 6.98. The lowest BCUT2D eigenvalue weighted by atomic mass is 10.1. The Morgan fingerprint density at radius 3 is 2.63 bits per heavy atom. The lowest BCUT2D eigenvalue weighted by Gasteiger charge is -2.14. The highest BCUT2D eigenvalue weighted by molar-refractivity contribution is 6.17. The molecule has 100 valence electrons. The molecule has 2 nitrogen and oxygen atoms in total. The molecule has 0 spiro atoms. The fourth-order valence-electron chi connectivity index (χ4n) is 2.08. The monoisotopic (exact) mass is 275 g/mol. The topological polar surface area (TPSA) is 22.1 Å². The predicted molar refractivity (Wildman–Crippen MR) is 79.2 cm³/mol. The number of pyridine rings is 1. The van der Waals surface area contributed by atoms with Crippen LogP contribution in [-0.4, -0.2) is 4.98 Å². The molecule has 0 aliphatic heterocycles. The van der Waals surface area contributed by atoms with Crippen molar-refractivity contribution in [2.75, 3.05) is 0 Å². The molecule has 1 aromatic carbocycles. The van der Waals surface area contributed by atoms with Crippen molar-refractivity contribution in [1.29, 1.82) is 0 Å². The van der Waals surface area contributed by atoms with Gasteiger partial charge in [0.05, 0.1) is 5.88 Å². The van der Waals surface area contributed by atoms with Gasteiger partial charge in [-0.25, -0.2) is 4.98 Å². The lowest BCUT2D eigenvalue weighted by Crippen LogP contribution is -1.99. The molecule has 0 saturated heterocycles. The number of halogens is 1. The Labute approximate surface area is 119 Å². The highest BCUT2D eigenvalue weighted by Gasteiger charge is 2.11. The normalized spacial score (nSPS) is 10.5. The van der Waals surface area contributed by atoms with Crippen LogP contribution in [0.1, 0.15) is 29.3 Å². The lowest BCUT2D eigenvalue weighted by molar-refractivity contribution is 0.451. The molecule has 1 aromatic heterocycles. The van der Waals surface area contributed by atoms with Crippen LogP contribution in [0, 0.1) is 13.8 Å². The van der Waals surface area contributed by atoms with E-state index in [1.54, 1.807) is 0 Å². The van der Waals surface area contributed by atoms with E-state index in [9.17, 15) is 0 Å². The van der Waals surface area contributed by atoms with E-state index in [4.69, 9.17) is 16.3 Å². The second-order valence-corrected chi connectivity index (χ2v) is 4.83. The molecule has 0 bridgehead atoms. The maximum absolute atomic E-state index is 6.01. The van der Waals surface area contributed by atoms with Crippen molar-refractivity contribution in [2.24, 2.45) is 0 Å². The van der Waals surface area contributed by atoms with Crippen molar-refractivity contribution in [3.63, 3.8) is 0 Å². The molecule has 0 saturated carbocycles. The second-order valence-electron chi connectivity index (χ2n) is 4.56. The van der Waals surface area contributed by atoms with Crippen LogP contribution >= 0.6 is 11.6 Å². The minimum Gasteiger partial charge on any atom is -0.438 e. The smallest absolute Gasteiger partial charge is 0.224 e. The molecule has 0 N–H and O–H groups in total. The van der Waals surface area contributed by atoms with Crippen LogP contribution in [0.4, 0.5) is 0 Å². The summed E-state index contributed by atoms with van der Waals surface area (Å²) >= 11 is 6.01. The molecule has 0 aliphatic rings. The average Bonchev–Trinajstić information content (AvgIpc) is 2.39. The molecule has 0 aliphatic carbocycles. The zero-order chi connectivity index (χ0) is 13.8. The van der Waals surface area contributed by atoms with Gasteiger partial charge in [0.15, 0.2) is 0 Å². The van der Waals surface area contributed by atoms with E-state index in [0.717, 1.165) is 29.0 Å². The minimum absolute atomic E-state index is 0.405. The quantitative estimate of drug-likeness (QED) is 0.748. The summed E-state index contributed by atoms with van der Waals surface area (Å²) in [6.45, 7) is 6.11. The molecule has 2 rings (SSSR count). The third kappa shape index (κ3) is 3.07. The Hall–Kier alpha value is -1.54. The molecular weight excluding hydrogens is 258 g/mol. The minimum atomic E-state index is 0.405. The first-order valence-electron chi connectivity index (χ1n) is 6.44. The van der Waals surface area contributed by atoms with E-state index in [1.807, 2.05) is 38.1 Å². The molecule has 1 heterocycles. The van der Waals surface area contributed by atoms with Crippen molar-refractivity contribution in [3.05, 3.63) is 52.7 Å². The SMILES string of the molecule is CCc1ccccc1Oc1nc(C)cc(C)c1CCl. The van der Waals surface area contributed by atoms with Crippen LogP contribution in [0.15, 0.2) is 30.3 Å². The molecule has 2 aromatic rings. The first-order chi connectivity index (χ1) is 9.15. The fraction of sp³-hybridized carbons (Fsp3) is 0.312. The van der Waals surface area contributed by atoms with Gasteiger partial charge in [-0.05, 0) is 43.5 Å². The summed E-state index contributed by atoms with van der Waals surface area (Å²) in [4.78, 5) is 4.47. The van der Waals surface area contributed by atoms with E-state index in [0.29, 0.717) is 11.8 Å². The van der Waals surface area contributed by atoms with Crippen LogP contribution in [0.2, 0.25) is 0 Å². The summed E-state index contributed by atoms with van der Waals surface area (Å²) in [6.07, 6.45) is 0.928. The Balaban J connectivity index is 2.43. The van der Waals surface area contributed by atoms with Crippen LogP contribution in [0.3, 0.4) is 0 Å². The number of hydrogen-bond acceptors (Lipinski definition) is 2. The highest BCUT2D eigenvalue weighted by Crippen LogP contribution is 2.29. The van der Waals surface area contributed by atoms with Gasteiger partial charge in [0, 0.05) is 11.3 Å². The van der Waals surface area contributed by atoms with Gasteiger partial charge < -0.3 is 4.74 Å². The van der Waals surface area contributed by atoms with E-state index < -0.39 is 0 Å². The Kier molecular flexibility index (Phi) is 4.43. The summed E-state index contributed by atoms with van der Waals surface area (Å²) in [5, 5.41) is 0. The summed E-state index contributed by atoms with van der Waals surface area (Å²) in [6, 6.07) is 10.0. The molecule has 0 amide bonds. The molecule has 0 unspecified atom stereocenters. The Bertz CT molecular complexity index is 581. The molecule has 0 fully saturated rings. The highest BCUT2D eigenvalue weighted by atomic mass is 35.5. The van der Waals surface area contributed by atoms with Crippen molar-refractivity contribution in [2.45, 2.75) is 33.1 Å². The van der Waals surface area contributed by atoms with Crippen molar-refractivity contribution < 1.29 is 4.74 Å². The second kappa shape index (κ2) is 6.07. The van der Waals surface area contributed by atoms with Crippen LogP contribution in [-0.2, 0) is 12.3 Å². The van der Waals surface area contributed by atoms with Crippen molar-refractivity contribution >= 4 is 11.6 Å². The summed E-state index contributed by atoms with van der Waals surface area (Å²) < 4.78 is 5.99. The fourth-order valence-corrected chi connectivity index (χ4v) is 2.40. The molecular formula is C16H18ClNO. The van der Waals surface area contributed by atoms with Crippen molar-refractivity contribution in [3.8, 4) is 11.6 Å². The third-order valence-corrected chi connectivity index (χ3v) is 3.40. The summed E-state index contributed by atoms with van der Waals surface area (Å²) in [5.74, 6) is 1.88. The Morgan fingerprint density at radius 2 is 1.95 bits per heavy atom. The van der Waals surface area contributed by atoms with Gasteiger partial charge >= 0.3 is 0 Å². The molecule has 0 atom stereocenters. The van der Waals surface area contributed by atoms with E-state index in [1.165, 1.54) is 5.56 Å². The van der Waals surface area contributed by atoms with Crippen molar-refractivity contribution in [1.82, 2.24) is 4.98 Å². The van der Waals surface area contributed by atoms with Gasteiger partial charge in [-0.3, -0.25) is 0 Å². The van der Waals surface area contributed by atoms with Crippen LogP contribution in [0.25, 0.3) is 0 Å². The van der Waals surface area contributed by atoms with Gasteiger partial charge in [-0.2, -0.15) is 0 Å². The van der Waals surface area contributed by atoms with Gasteiger partial charge in [0.25, 0.3) is 0 Å². The number of alkyl halides is 1. The van der Waals surface area contributed by atoms with Gasteiger partial charge in [-0.1, -0.05) is 25.1 Å². The standard InChI is InChI=1S/C16H18ClNO/c1-4-13-7-5-6-8-15(13)19-16-14(10-17)11(2)9-12(3)18-16/h5-9H,4,10H2,1-3H3. The van der Waals surface area contributed by atoms with E-state index in [-0.39, 0.29) is 0 Å². The molecule has 19 heavy (non-hydrogen) atoms. The number of para-hydroxylation sites is 1. The zero-order valence-electron chi connectivity index (χ0n) is 11.5. The third-order valence-electron chi connectivity index (χ3n) is 3.13. The van der Waals surface area contributed by atoms with E-state index >= 15 is 0 Å². The number of aryl methyl sites for hydroxylation is 3. The van der Waals surface area contributed by atoms with E-state index in [2.05, 4.69) is 18.0 Å². The van der Waals surface area contributed by atoms with Crippen LogP contribution in [0.5, 0.6) is 11.6 Å². The van der Waals surface area contributed by atoms with Gasteiger partial charge in [0.1, 0.15) is 5.75 Å².